The molecule has 1 aliphatic carbocycles. The molecule has 2 aliphatic heterocycles. The maximum atomic E-state index is 12.6. The summed E-state index contributed by atoms with van der Waals surface area (Å²) in [6.07, 6.45) is 4.80. The molecule has 8 nitrogen and oxygen atoms in total. The van der Waals surface area contributed by atoms with Gasteiger partial charge in [-0.25, -0.2) is 4.79 Å². The molecule has 0 unspecified atom stereocenters. The molecule has 0 spiro atoms. The second-order valence-corrected chi connectivity index (χ2v) is 8.36. The summed E-state index contributed by atoms with van der Waals surface area (Å²) in [5.41, 5.74) is 0.861. The van der Waals surface area contributed by atoms with Gasteiger partial charge in [0.05, 0.1) is 23.0 Å². The monoisotopic (exact) mass is 410 g/mol. The third-order valence-electron chi connectivity index (χ3n) is 6.29. The molecule has 0 aromatic heterocycles. The van der Waals surface area contributed by atoms with Gasteiger partial charge in [-0.3, -0.25) is 9.59 Å². The van der Waals surface area contributed by atoms with Crippen molar-refractivity contribution in [1.82, 2.24) is 5.32 Å². The van der Waals surface area contributed by atoms with Crippen LogP contribution < -0.4 is 15.5 Å². The summed E-state index contributed by atoms with van der Waals surface area (Å²) in [5.74, 6) is -1.18. The summed E-state index contributed by atoms with van der Waals surface area (Å²) in [4.78, 5) is 39.5. The zero-order valence-electron chi connectivity index (χ0n) is 17.1. The van der Waals surface area contributed by atoms with Crippen LogP contribution in [0.3, 0.4) is 0 Å². The summed E-state index contributed by atoms with van der Waals surface area (Å²) in [6, 6.07) is 7.13. The number of nitrogens with zero attached hydrogens (tertiary/aromatic N) is 2. The zero-order valence-corrected chi connectivity index (χ0v) is 17.1. The summed E-state index contributed by atoms with van der Waals surface area (Å²) < 4.78 is 5.35. The fourth-order valence-electron chi connectivity index (χ4n) is 4.60. The van der Waals surface area contributed by atoms with E-state index >= 15 is 0 Å². The Hall–Kier alpha value is -3.08. The number of benzene rings is 1. The lowest BCUT2D eigenvalue weighted by Gasteiger charge is -2.33. The normalized spacial score (nSPS) is 22.7. The highest BCUT2D eigenvalue weighted by atomic mass is 16.5. The predicted octanol–water partition coefficient (Wildman–Crippen LogP) is 2.50. The van der Waals surface area contributed by atoms with Crippen LogP contribution >= 0.6 is 0 Å². The fourth-order valence-corrected chi connectivity index (χ4v) is 4.60. The molecule has 2 heterocycles. The van der Waals surface area contributed by atoms with Gasteiger partial charge in [-0.1, -0.05) is 19.3 Å². The van der Waals surface area contributed by atoms with Crippen molar-refractivity contribution in [2.75, 3.05) is 16.8 Å². The van der Waals surface area contributed by atoms with Gasteiger partial charge >= 0.3 is 5.97 Å². The number of ether oxygens (including phenoxy) is 1. The highest BCUT2D eigenvalue weighted by Crippen LogP contribution is 2.37. The molecular weight excluding hydrogens is 384 g/mol. The number of fused-ring (bicyclic) bond motifs is 3. The molecule has 8 heteroatoms. The SMILES string of the molecule is C[C@H](OC(=O)c1ccc2c(c1)NC(=O)[C@H]1CCCN21)C(=O)NC1(C#N)CCCCC1. The molecule has 1 aromatic rings. The molecule has 3 aliphatic rings. The first-order valence-electron chi connectivity index (χ1n) is 10.6. The van der Waals surface area contributed by atoms with Crippen LogP contribution in [0.15, 0.2) is 18.2 Å². The Bertz CT molecular complexity index is 916. The number of amides is 2. The number of carbonyl (C=O) groups excluding carboxylic acids is 3. The molecule has 1 saturated carbocycles. The van der Waals surface area contributed by atoms with Crippen molar-refractivity contribution in [3.05, 3.63) is 23.8 Å². The van der Waals surface area contributed by atoms with E-state index in [0.717, 1.165) is 44.3 Å². The zero-order chi connectivity index (χ0) is 21.3. The van der Waals surface area contributed by atoms with Crippen LogP contribution in [0.5, 0.6) is 0 Å². The van der Waals surface area contributed by atoms with E-state index in [1.165, 1.54) is 6.92 Å². The molecule has 2 atom stereocenters. The van der Waals surface area contributed by atoms with E-state index in [-0.39, 0.29) is 17.5 Å². The van der Waals surface area contributed by atoms with E-state index < -0.39 is 23.5 Å². The van der Waals surface area contributed by atoms with Crippen molar-refractivity contribution < 1.29 is 19.1 Å². The lowest BCUT2D eigenvalue weighted by atomic mass is 9.83. The largest absolute Gasteiger partial charge is 0.449 e. The second-order valence-electron chi connectivity index (χ2n) is 8.36. The van der Waals surface area contributed by atoms with Gasteiger partial charge in [0.25, 0.3) is 5.91 Å². The van der Waals surface area contributed by atoms with Gasteiger partial charge in [0.15, 0.2) is 6.10 Å². The number of esters is 1. The molecule has 2 amide bonds. The molecule has 4 rings (SSSR count). The van der Waals surface area contributed by atoms with Gasteiger partial charge in [0, 0.05) is 6.54 Å². The maximum Gasteiger partial charge on any atom is 0.338 e. The number of anilines is 2. The highest BCUT2D eigenvalue weighted by molar-refractivity contribution is 6.05. The molecule has 0 radical (unpaired) electrons. The average Bonchev–Trinajstić information content (AvgIpc) is 3.25. The standard InChI is InChI=1S/C22H26N4O4/c1-14(19(27)25-22(13-23)9-3-2-4-10-22)30-21(29)15-7-8-17-16(12-15)24-20(28)18-6-5-11-26(17)18/h7-8,12,14,18H,2-6,9-11H2,1H3,(H,24,28)(H,25,27)/t14-,18+/m0/s1. The summed E-state index contributed by atoms with van der Waals surface area (Å²) in [5, 5.41) is 15.2. The van der Waals surface area contributed by atoms with Crippen LogP contribution in [0, 0.1) is 11.3 Å². The van der Waals surface area contributed by atoms with Gasteiger partial charge in [0.1, 0.15) is 11.6 Å². The van der Waals surface area contributed by atoms with Crippen molar-refractivity contribution in [1.29, 1.82) is 5.26 Å². The molecular formula is C22H26N4O4. The minimum Gasteiger partial charge on any atom is -0.449 e. The van der Waals surface area contributed by atoms with Gasteiger partial charge in [-0.05, 0) is 50.8 Å². The summed E-state index contributed by atoms with van der Waals surface area (Å²) in [7, 11) is 0. The van der Waals surface area contributed by atoms with E-state index in [0.29, 0.717) is 18.5 Å². The lowest BCUT2D eigenvalue weighted by molar-refractivity contribution is -0.130. The topological polar surface area (TPSA) is 112 Å². The first-order valence-corrected chi connectivity index (χ1v) is 10.6. The third kappa shape index (κ3) is 3.72. The molecule has 1 saturated heterocycles. The molecule has 30 heavy (non-hydrogen) atoms. The van der Waals surface area contributed by atoms with Crippen molar-refractivity contribution in [3.8, 4) is 6.07 Å². The smallest absolute Gasteiger partial charge is 0.338 e. The van der Waals surface area contributed by atoms with E-state index in [2.05, 4.69) is 21.6 Å². The van der Waals surface area contributed by atoms with Crippen LogP contribution in [0.2, 0.25) is 0 Å². The third-order valence-corrected chi connectivity index (χ3v) is 6.29. The van der Waals surface area contributed by atoms with E-state index in [1.807, 2.05) is 0 Å². The lowest BCUT2D eigenvalue weighted by Crippen LogP contribution is -2.52. The number of rotatable bonds is 4. The highest BCUT2D eigenvalue weighted by Gasteiger charge is 2.37. The first kappa shape index (κ1) is 20.2. The Morgan fingerprint density at radius 1 is 1.30 bits per heavy atom. The number of carbonyl (C=O) groups is 3. The van der Waals surface area contributed by atoms with Crippen LogP contribution in [0.4, 0.5) is 11.4 Å². The van der Waals surface area contributed by atoms with Crippen molar-refractivity contribution in [3.63, 3.8) is 0 Å². The number of nitrogens with one attached hydrogen (secondary N) is 2. The molecule has 2 fully saturated rings. The van der Waals surface area contributed by atoms with Crippen LogP contribution in [-0.2, 0) is 14.3 Å². The predicted molar refractivity (Wildman–Crippen MR) is 110 cm³/mol. The summed E-state index contributed by atoms with van der Waals surface area (Å²) >= 11 is 0. The van der Waals surface area contributed by atoms with Crippen LogP contribution in [0.1, 0.15) is 62.2 Å². The van der Waals surface area contributed by atoms with E-state index in [9.17, 15) is 19.6 Å². The number of hydrogen-bond acceptors (Lipinski definition) is 6. The maximum absolute atomic E-state index is 12.6. The second kappa shape index (κ2) is 7.98. The number of nitriles is 1. The molecule has 158 valence electrons. The van der Waals surface area contributed by atoms with Gasteiger partial charge in [0.2, 0.25) is 5.91 Å². The molecule has 0 bridgehead atoms. The fraction of sp³-hybridized carbons (Fsp3) is 0.545. The van der Waals surface area contributed by atoms with Crippen molar-refractivity contribution >= 4 is 29.2 Å². The van der Waals surface area contributed by atoms with Gasteiger partial charge in [-0.2, -0.15) is 5.26 Å². The van der Waals surface area contributed by atoms with Crippen molar-refractivity contribution in [2.24, 2.45) is 0 Å². The van der Waals surface area contributed by atoms with Crippen LogP contribution in [-0.4, -0.2) is 42.0 Å². The minimum absolute atomic E-state index is 0.0625. The molecule has 2 N–H and O–H groups in total. The summed E-state index contributed by atoms with van der Waals surface area (Å²) in [6.45, 7) is 2.31. The first-order chi connectivity index (χ1) is 14.4. The quantitative estimate of drug-likeness (QED) is 0.738. The minimum atomic E-state index is -1.03. The van der Waals surface area contributed by atoms with Gasteiger partial charge in [-0.15, -0.1) is 0 Å². The Morgan fingerprint density at radius 3 is 2.80 bits per heavy atom. The van der Waals surface area contributed by atoms with Crippen molar-refractivity contribution in [2.45, 2.75) is 69.6 Å². The average molecular weight is 410 g/mol. The van der Waals surface area contributed by atoms with E-state index in [4.69, 9.17) is 4.74 Å². The Balaban J connectivity index is 1.42. The Morgan fingerprint density at radius 2 is 2.07 bits per heavy atom. The van der Waals surface area contributed by atoms with Crippen LogP contribution in [0.25, 0.3) is 0 Å². The number of hydrogen-bond donors (Lipinski definition) is 2. The Kier molecular flexibility index (Phi) is 5.37. The van der Waals surface area contributed by atoms with Gasteiger partial charge < -0.3 is 20.3 Å². The molecule has 1 aromatic carbocycles. The Labute approximate surface area is 175 Å². The van der Waals surface area contributed by atoms with E-state index in [1.54, 1.807) is 18.2 Å².